The van der Waals surface area contributed by atoms with Gasteiger partial charge in [-0.05, 0) is 44.7 Å². The number of nitrogens with two attached hydrogens (primary N) is 1. The highest BCUT2D eigenvalue weighted by atomic mass is 32.1. The first-order valence-corrected chi connectivity index (χ1v) is 7.89. The number of hydrogen-bond acceptors (Lipinski definition) is 5. The number of hydrogen-bond donors (Lipinski definition) is 2. The van der Waals surface area contributed by atoms with Crippen molar-refractivity contribution in [3.05, 3.63) is 29.0 Å². The molecule has 0 radical (unpaired) electrons. The van der Waals surface area contributed by atoms with Crippen LogP contribution in [0.4, 0.5) is 0 Å². The first-order valence-electron chi connectivity index (χ1n) is 7.07. The molecule has 1 saturated carbocycles. The maximum Gasteiger partial charge on any atom is 0.271 e. The Labute approximate surface area is 127 Å². The molecular formula is C15H19N3O2S. The van der Waals surface area contributed by atoms with Crippen molar-refractivity contribution < 1.29 is 9.21 Å². The molecule has 2 aromatic rings. The normalized spacial score (nSPS) is 17.5. The van der Waals surface area contributed by atoms with Gasteiger partial charge in [-0.3, -0.25) is 4.79 Å². The van der Waals surface area contributed by atoms with Crippen LogP contribution in [0.25, 0.3) is 10.8 Å². The molecule has 3 N–H and O–H groups in total. The van der Waals surface area contributed by atoms with E-state index in [2.05, 4.69) is 10.3 Å². The third-order valence-electron chi connectivity index (χ3n) is 4.05. The summed E-state index contributed by atoms with van der Waals surface area (Å²) >= 11 is 1.46. The molecule has 0 saturated heterocycles. The molecule has 1 unspecified atom stereocenters. The van der Waals surface area contributed by atoms with E-state index in [9.17, 15) is 4.79 Å². The third kappa shape index (κ3) is 2.73. The highest BCUT2D eigenvalue weighted by Gasteiger charge is 2.42. The van der Waals surface area contributed by atoms with Crippen LogP contribution in [-0.2, 0) is 0 Å². The lowest BCUT2D eigenvalue weighted by atomic mass is 9.96. The second kappa shape index (κ2) is 5.27. The van der Waals surface area contributed by atoms with Gasteiger partial charge in [0.2, 0.25) is 0 Å². The van der Waals surface area contributed by atoms with E-state index >= 15 is 0 Å². The minimum Gasteiger partial charge on any atom is -0.462 e. The summed E-state index contributed by atoms with van der Waals surface area (Å²) in [5.41, 5.74) is 5.98. The number of rotatable bonds is 5. The van der Waals surface area contributed by atoms with Crippen molar-refractivity contribution in [3.63, 3.8) is 0 Å². The zero-order chi connectivity index (χ0) is 15.0. The monoisotopic (exact) mass is 305 g/mol. The van der Waals surface area contributed by atoms with Gasteiger partial charge in [-0.15, -0.1) is 11.3 Å². The molecule has 112 valence electrons. The van der Waals surface area contributed by atoms with Crippen LogP contribution in [0.3, 0.4) is 0 Å². The molecular weight excluding hydrogens is 286 g/mol. The highest BCUT2D eigenvalue weighted by Crippen LogP contribution is 2.39. The summed E-state index contributed by atoms with van der Waals surface area (Å²) in [6.45, 7) is 4.35. The van der Waals surface area contributed by atoms with E-state index in [0.29, 0.717) is 23.9 Å². The van der Waals surface area contributed by atoms with E-state index in [1.807, 2.05) is 26.0 Å². The zero-order valence-electron chi connectivity index (χ0n) is 12.2. The van der Waals surface area contributed by atoms with Crippen molar-refractivity contribution >= 4 is 17.2 Å². The zero-order valence-corrected chi connectivity index (χ0v) is 13.0. The number of aromatic nitrogens is 1. The van der Waals surface area contributed by atoms with E-state index in [1.54, 1.807) is 6.26 Å². The van der Waals surface area contributed by atoms with Crippen molar-refractivity contribution in [3.8, 4) is 10.8 Å². The van der Waals surface area contributed by atoms with E-state index < -0.39 is 0 Å². The van der Waals surface area contributed by atoms with Crippen LogP contribution in [0.2, 0.25) is 0 Å². The van der Waals surface area contributed by atoms with Gasteiger partial charge in [0.25, 0.3) is 5.91 Å². The molecule has 3 rings (SSSR count). The molecule has 1 amide bonds. The molecule has 1 fully saturated rings. The Hall–Kier alpha value is -1.66. The second-order valence-electron chi connectivity index (χ2n) is 5.75. The van der Waals surface area contributed by atoms with Crippen molar-refractivity contribution in [2.75, 3.05) is 6.54 Å². The lowest BCUT2D eigenvalue weighted by molar-refractivity contribution is 0.0893. The predicted molar refractivity (Wildman–Crippen MR) is 82.2 cm³/mol. The molecule has 6 heteroatoms. The van der Waals surface area contributed by atoms with Crippen molar-refractivity contribution in [2.24, 2.45) is 11.7 Å². The Bertz CT molecular complexity index is 646. The number of aryl methyl sites for hydroxylation is 1. The van der Waals surface area contributed by atoms with Gasteiger partial charge >= 0.3 is 0 Å². The Morgan fingerprint density at radius 3 is 2.95 bits per heavy atom. The van der Waals surface area contributed by atoms with Crippen LogP contribution in [0.15, 0.2) is 22.8 Å². The fourth-order valence-electron chi connectivity index (χ4n) is 2.47. The van der Waals surface area contributed by atoms with E-state index in [-0.39, 0.29) is 11.4 Å². The van der Waals surface area contributed by atoms with Gasteiger partial charge in [0, 0.05) is 11.4 Å². The van der Waals surface area contributed by atoms with Crippen LogP contribution >= 0.6 is 11.3 Å². The second-order valence-corrected chi connectivity index (χ2v) is 6.95. The Balaban J connectivity index is 1.82. The maximum absolute atomic E-state index is 12.5. The minimum absolute atomic E-state index is 0.151. The Morgan fingerprint density at radius 2 is 2.38 bits per heavy atom. The molecule has 0 bridgehead atoms. The summed E-state index contributed by atoms with van der Waals surface area (Å²) in [7, 11) is 0. The average Bonchev–Trinajstić information content (AvgIpc) is 3.04. The van der Waals surface area contributed by atoms with Gasteiger partial charge in [0.15, 0.2) is 10.8 Å². The summed E-state index contributed by atoms with van der Waals surface area (Å²) in [5, 5.41) is 3.80. The fourth-order valence-corrected chi connectivity index (χ4v) is 3.35. The molecule has 0 aliphatic heterocycles. The molecule has 0 aromatic carbocycles. The summed E-state index contributed by atoms with van der Waals surface area (Å²) < 4.78 is 5.33. The van der Waals surface area contributed by atoms with Crippen molar-refractivity contribution in [1.29, 1.82) is 0 Å². The molecule has 1 atom stereocenters. The summed E-state index contributed by atoms with van der Waals surface area (Å²) in [6.07, 6.45) is 3.85. The van der Waals surface area contributed by atoms with Gasteiger partial charge in [-0.2, -0.15) is 0 Å². The summed E-state index contributed by atoms with van der Waals surface area (Å²) in [5.74, 6) is 1.02. The number of furan rings is 1. The van der Waals surface area contributed by atoms with Crippen LogP contribution in [0.1, 0.15) is 35.1 Å². The van der Waals surface area contributed by atoms with Crippen LogP contribution in [-0.4, -0.2) is 23.0 Å². The number of carbonyl (C=O) groups excluding carboxylic acids is 1. The van der Waals surface area contributed by atoms with E-state index in [0.717, 1.165) is 22.7 Å². The molecule has 1 aliphatic carbocycles. The van der Waals surface area contributed by atoms with Gasteiger partial charge in [0.05, 0.1) is 11.8 Å². The van der Waals surface area contributed by atoms with E-state index in [1.165, 1.54) is 11.3 Å². The smallest absolute Gasteiger partial charge is 0.271 e. The first-order chi connectivity index (χ1) is 10.0. The van der Waals surface area contributed by atoms with Crippen LogP contribution in [0, 0.1) is 12.8 Å². The summed E-state index contributed by atoms with van der Waals surface area (Å²) in [4.78, 5) is 17.8. The molecule has 0 spiro atoms. The van der Waals surface area contributed by atoms with Crippen molar-refractivity contribution in [1.82, 2.24) is 10.3 Å². The lowest BCUT2D eigenvalue weighted by Gasteiger charge is -2.29. The van der Waals surface area contributed by atoms with Crippen LogP contribution < -0.4 is 11.1 Å². The van der Waals surface area contributed by atoms with Crippen LogP contribution in [0.5, 0.6) is 0 Å². The standard InChI is InChI=1S/C15H19N3O2S/c1-9-12(17-14(21-9)11-4-3-7-20-11)13(19)18-15(2,8-16)10-5-6-10/h3-4,7,10H,5-6,8,16H2,1-2H3,(H,18,19). The van der Waals surface area contributed by atoms with Gasteiger partial charge in [-0.1, -0.05) is 0 Å². The third-order valence-corrected chi connectivity index (χ3v) is 5.03. The number of amides is 1. The number of nitrogens with one attached hydrogen (secondary N) is 1. The lowest BCUT2D eigenvalue weighted by Crippen LogP contribution is -2.53. The first kappa shape index (κ1) is 14.3. The fraction of sp³-hybridized carbons (Fsp3) is 0.467. The molecule has 21 heavy (non-hydrogen) atoms. The van der Waals surface area contributed by atoms with Gasteiger partial charge < -0.3 is 15.5 Å². The number of carbonyl (C=O) groups is 1. The molecule has 2 aromatic heterocycles. The molecule has 1 aliphatic rings. The minimum atomic E-state index is -0.335. The maximum atomic E-state index is 12.5. The van der Waals surface area contributed by atoms with Gasteiger partial charge in [0.1, 0.15) is 5.69 Å². The highest BCUT2D eigenvalue weighted by molar-refractivity contribution is 7.15. The number of thiazole rings is 1. The van der Waals surface area contributed by atoms with E-state index in [4.69, 9.17) is 10.2 Å². The topological polar surface area (TPSA) is 81.2 Å². The average molecular weight is 305 g/mol. The number of nitrogens with zero attached hydrogens (tertiary/aromatic N) is 1. The van der Waals surface area contributed by atoms with Crippen molar-refractivity contribution in [2.45, 2.75) is 32.2 Å². The Kier molecular flexibility index (Phi) is 3.59. The SMILES string of the molecule is Cc1sc(-c2ccco2)nc1C(=O)NC(C)(CN)C1CC1. The largest absolute Gasteiger partial charge is 0.462 e. The molecule has 5 nitrogen and oxygen atoms in total. The van der Waals surface area contributed by atoms with Gasteiger partial charge in [-0.25, -0.2) is 4.98 Å². The quantitative estimate of drug-likeness (QED) is 0.889. The Morgan fingerprint density at radius 1 is 1.62 bits per heavy atom. The predicted octanol–water partition coefficient (Wildman–Crippen LogP) is 2.57. The summed E-state index contributed by atoms with van der Waals surface area (Å²) in [6, 6.07) is 3.65. The molecule has 2 heterocycles.